The molecule has 0 saturated heterocycles. The van der Waals surface area contributed by atoms with Crippen LogP contribution in [0.1, 0.15) is 0 Å². The van der Waals surface area contributed by atoms with E-state index in [1.165, 1.54) is 12.4 Å². The van der Waals surface area contributed by atoms with Crippen molar-refractivity contribution in [2.24, 2.45) is 0 Å². The Morgan fingerprint density at radius 1 is 1.45 bits per heavy atom. The van der Waals surface area contributed by atoms with Crippen molar-refractivity contribution in [3.63, 3.8) is 0 Å². The summed E-state index contributed by atoms with van der Waals surface area (Å²) in [6, 6.07) is 0. The predicted octanol–water partition coefficient (Wildman–Crippen LogP) is 1.48. The molecule has 0 radical (unpaired) electrons. The van der Waals surface area contributed by atoms with Gasteiger partial charge in [-0.1, -0.05) is 0 Å². The van der Waals surface area contributed by atoms with Crippen molar-refractivity contribution < 1.29 is 9.13 Å². The Hall–Kier alpha value is -0.900. The standard InChI is InChI=1S/C6H6ClFN2O/c7-6-9-3-5(4-10-6)11-2-1-8/h3-4H,1-2H2. The quantitative estimate of drug-likeness (QED) is 0.655. The molecule has 0 aliphatic rings. The van der Waals surface area contributed by atoms with Crippen LogP contribution in [-0.2, 0) is 0 Å². The minimum atomic E-state index is -0.525. The summed E-state index contributed by atoms with van der Waals surface area (Å²) in [6.45, 7) is -0.506. The summed E-state index contributed by atoms with van der Waals surface area (Å²) in [5, 5.41) is 0.151. The zero-order chi connectivity index (χ0) is 8.10. The number of rotatable bonds is 3. The molecule has 5 heteroatoms. The van der Waals surface area contributed by atoms with Gasteiger partial charge in [0, 0.05) is 0 Å². The smallest absolute Gasteiger partial charge is 0.222 e. The van der Waals surface area contributed by atoms with Gasteiger partial charge in [-0.2, -0.15) is 0 Å². The summed E-state index contributed by atoms with van der Waals surface area (Å²) < 4.78 is 16.4. The molecule has 3 nitrogen and oxygen atoms in total. The maximum absolute atomic E-state index is 11.6. The van der Waals surface area contributed by atoms with Gasteiger partial charge >= 0.3 is 0 Å². The van der Waals surface area contributed by atoms with Crippen molar-refractivity contribution in [3.05, 3.63) is 17.7 Å². The van der Waals surface area contributed by atoms with E-state index in [0.29, 0.717) is 5.75 Å². The van der Waals surface area contributed by atoms with Crippen LogP contribution in [0.5, 0.6) is 5.75 Å². The molecule has 11 heavy (non-hydrogen) atoms. The molecule has 0 aliphatic heterocycles. The third-order valence-corrected chi connectivity index (χ3v) is 1.14. The fraction of sp³-hybridized carbons (Fsp3) is 0.333. The van der Waals surface area contributed by atoms with Gasteiger partial charge in [0.1, 0.15) is 13.3 Å². The second kappa shape index (κ2) is 4.08. The van der Waals surface area contributed by atoms with E-state index in [2.05, 4.69) is 9.97 Å². The van der Waals surface area contributed by atoms with Gasteiger partial charge in [-0.3, -0.25) is 0 Å². The first-order valence-corrected chi connectivity index (χ1v) is 3.37. The van der Waals surface area contributed by atoms with E-state index in [1.807, 2.05) is 0 Å². The molecular formula is C6H6ClFN2O. The second-order valence-corrected chi connectivity index (χ2v) is 2.06. The third-order valence-electron chi connectivity index (χ3n) is 0.943. The van der Waals surface area contributed by atoms with Gasteiger partial charge in [-0.15, -0.1) is 0 Å². The number of aromatic nitrogens is 2. The zero-order valence-electron chi connectivity index (χ0n) is 5.63. The van der Waals surface area contributed by atoms with E-state index in [9.17, 15) is 4.39 Å². The highest BCUT2D eigenvalue weighted by molar-refractivity contribution is 6.28. The highest BCUT2D eigenvalue weighted by Crippen LogP contribution is 2.07. The molecule has 0 bridgehead atoms. The fourth-order valence-electron chi connectivity index (χ4n) is 0.531. The lowest BCUT2D eigenvalue weighted by atomic mass is 10.6. The van der Waals surface area contributed by atoms with Crippen LogP contribution < -0.4 is 4.74 Å². The van der Waals surface area contributed by atoms with Crippen molar-refractivity contribution >= 4 is 11.6 Å². The lowest BCUT2D eigenvalue weighted by Gasteiger charge is -2.00. The Balaban J connectivity index is 2.52. The molecule has 0 aromatic carbocycles. The summed E-state index contributed by atoms with van der Waals surface area (Å²) in [6.07, 6.45) is 2.79. The summed E-state index contributed by atoms with van der Waals surface area (Å²) in [7, 11) is 0. The van der Waals surface area contributed by atoms with Gasteiger partial charge in [0.2, 0.25) is 5.28 Å². The molecule has 0 unspecified atom stereocenters. The number of hydrogen-bond acceptors (Lipinski definition) is 3. The maximum atomic E-state index is 11.6. The minimum Gasteiger partial charge on any atom is -0.488 e. The monoisotopic (exact) mass is 176 g/mol. The normalized spacial score (nSPS) is 9.64. The Labute approximate surface area is 68.2 Å². The number of hydrogen-bond donors (Lipinski definition) is 0. The van der Waals surface area contributed by atoms with Crippen LogP contribution in [0, 0.1) is 0 Å². The second-order valence-electron chi connectivity index (χ2n) is 1.73. The van der Waals surface area contributed by atoms with Gasteiger partial charge in [0.05, 0.1) is 12.4 Å². The average Bonchev–Trinajstić information content (AvgIpc) is 2.04. The van der Waals surface area contributed by atoms with Crippen LogP contribution in [-0.4, -0.2) is 23.2 Å². The van der Waals surface area contributed by atoms with Crippen molar-refractivity contribution in [2.45, 2.75) is 0 Å². The first-order valence-electron chi connectivity index (χ1n) is 2.99. The largest absolute Gasteiger partial charge is 0.488 e. The lowest BCUT2D eigenvalue weighted by Crippen LogP contribution is -1.99. The van der Waals surface area contributed by atoms with Crippen molar-refractivity contribution in [1.29, 1.82) is 0 Å². The summed E-state index contributed by atoms with van der Waals surface area (Å²) in [5.41, 5.74) is 0. The number of nitrogens with zero attached hydrogens (tertiary/aromatic N) is 2. The molecule has 0 aliphatic carbocycles. The molecule has 1 heterocycles. The summed E-state index contributed by atoms with van der Waals surface area (Å²) in [5.74, 6) is 0.423. The Morgan fingerprint density at radius 2 is 2.09 bits per heavy atom. The number of alkyl halides is 1. The summed E-state index contributed by atoms with van der Waals surface area (Å²) in [4.78, 5) is 7.28. The van der Waals surface area contributed by atoms with Crippen LogP contribution >= 0.6 is 11.6 Å². The molecule has 0 amide bonds. The van der Waals surface area contributed by atoms with Crippen molar-refractivity contribution in [2.75, 3.05) is 13.3 Å². The molecule has 0 spiro atoms. The molecule has 0 saturated carbocycles. The number of halogens is 2. The van der Waals surface area contributed by atoms with Crippen LogP contribution in [0.3, 0.4) is 0 Å². The lowest BCUT2D eigenvalue weighted by molar-refractivity contribution is 0.271. The van der Waals surface area contributed by atoms with Gasteiger partial charge in [0.25, 0.3) is 0 Å². The van der Waals surface area contributed by atoms with Gasteiger partial charge in [0.15, 0.2) is 5.75 Å². The highest BCUT2D eigenvalue weighted by Gasteiger charge is 1.94. The predicted molar refractivity (Wildman–Crippen MR) is 38.5 cm³/mol. The molecule has 0 fully saturated rings. The van der Waals surface area contributed by atoms with Gasteiger partial charge in [-0.25, -0.2) is 14.4 Å². The third kappa shape index (κ3) is 2.67. The van der Waals surface area contributed by atoms with Crippen LogP contribution in [0.15, 0.2) is 12.4 Å². The van der Waals surface area contributed by atoms with Crippen LogP contribution in [0.25, 0.3) is 0 Å². The van der Waals surface area contributed by atoms with E-state index in [4.69, 9.17) is 16.3 Å². The molecular weight excluding hydrogens is 171 g/mol. The summed E-state index contributed by atoms with van der Waals surface area (Å²) >= 11 is 5.39. The molecule has 60 valence electrons. The topological polar surface area (TPSA) is 35.0 Å². The highest BCUT2D eigenvalue weighted by atomic mass is 35.5. The Morgan fingerprint density at radius 3 is 2.64 bits per heavy atom. The van der Waals surface area contributed by atoms with E-state index < -0.39 is 6.67 Å². The molecule has 0 atom stereocenters. The molecule has 1 aromatic rings. The van der Waals surface area contributed by atoms with Crippen LogP contribution in [0.2, 0.25) is 5.28 Å². The van der Waals surface area contributed by atoms with Crippen molar-refractivity contribution in [1.82, 2.24) is 9.97 Å². The minimum absolute atomic E-state index is 0.0188. The van der Waals surface area contributed by atoms with Crippen LogP contribution in [0.4, 0.5) is 4.39 Å². The van der Waals surface area contributed by atoms with E-state index in [-0.39, 0.29) is 11.9 Å². The Bertz CT molecular complexity index is 216. The first-order chi connectivity index (χ1) is 5.33. The van der Waals surface area contributed by atoms with E-state index in [1.54, 1.807) is 0 Å². The van der Waals surface area contributed by atoms with Gasteiger partial charge < -0.3 is 4.74 Å². The maximum Gasteiger partial charge on any atom is 0.222 e. The fourth-order valence-corrected chi connectivity index (χ4v) is 0.629. The number of ether oxygens (including phenoxy) is 1. The zero-order valence-corrected chi connectivity index (χ0v) is 6.38. The first kappa shape index (κ1) is 8.20. The van der Waals surface area contributed by atoms with Gasteiger partial charge in [-0.05, 0) is 11.6 Å². The Kier molecular flexibility index (Phi) is 3.04. The van der Waals surface area contributed by atoms with E-state index in [0.717, 1.165) is 0 Å². The van der Waals surface area contributed by atoms with Crippen molar-refractivity contribution in [3.8, 4) is 5.75 Å². The van der Waals surface area contributed by atoms with E-state index >= 15 is 0 Å². The molecule has 0 N–H and O–H groups in total. The average molecular weight is 177 g/mol. The molecule has 1 rings (SSSR count). The SMILES string of the molecule is FCCOc1cnc(Cl)nc1. The molecule has 1 aromatic heterocycles.